The molecule has 0 spiro atoms. The average Bonchev–Trinajstić information content (AvgIpc) is 1.14. The lowest BCUT2D eigenvalue weighted by atomic mass is 9.48. The molecule has 8 heteroatoms. The fourth-order valence-corrected chi connectivity index (χ4v) is 20.0. The van der Waals surface area contributed by atoms with Crippen molar-refractivity contribution in [2.45, 2.75) is 49.4 Å². The van der Waals surface area contributed by atoms with Crippen molar-refractivity contribution in [3.05, 3.63) is 346 Å². The largest absolute Gasteiger partial charge is 0.454 e. The molecular weight excluding hydrogens is 1180 g/mol. The lowest BCUT2D eigenvalue weighted by Gasteiger charge is -2.54. The number of hydrogen-bond donors (Lipinski definition) is 1. The third-order valence-electron chi connectivity index (χ3n) is 20.6. The van der Waals surface area contributed by atoms with Crippen LogP contribution < -0.4 is 0 Å². The van der Waals surface area contributed by atoms with Crippen molar-refractivity contribution in [2.24, 2.45) is 0 Å². The van der Waals surface area contributed by atoms with E-state index < -0.39 is 0 Å². The van der Waals surface area contributed by atoms with Crippen molar-refractivity contribution in [1.82, 2.24) is 15.0 Å². The van der Waals surface area contributed by atoms with Gasteiger partial charge in [-0.25, -0.2) is 0 Å². The summed E-state index contributed by atoms with van der Waals surface area (Å²) in [6.45, 7) is 9.50. The Bertz CT molecular complexity index is 4880. The highest BCUT2D eigenvalue weighted by atomic mass is 32.1. The fraction of sp³-hybridized carbons (Fsp3) is 0.0952. The van der Waals surface area contributed by atoms with E-state index in [-0.39, 0.29) is 21.7 Å². The predicted octanol–water partition coefficient (Wildman–Crippen LogP) is 23.0. The van der Waals surface area contributed by atoms with Crippen molar-refractivity contribution in [1.29, 1.82) is 0 Å². The van der Waals surface area contributed by atoms with Gasteiger partial charge in [0.25, 0.3) is 0 Å². The number of H-pyrrole nitrogens is 1. The Labute approximate surface area is 543 Å². The number of fused-ring (bicyclic) bond motifs is 15. The van der Waals surface area contributed by atoms with Crippen LogP contribution in [-0.2, 0) is 21.7 Å². The Balaban J connectivity index is 0.0000000856. The average molecular weight is 1240 g/mol. The third kappa shape index (κ3) is 7.69. The van der Waals surface area contributed by atoms with Crippen LogP contribution >= 0.6 is 34.0 Å². The van der Waals surface area contributed by atoms with Gasteiger partial charge in [-0.1, -0.05) is 194 Å². The molecule has 0 saturated heterocycles. The second-order valence-corrected chi connectivity index (χ2v) is 28.4. The summed E-state index contributed by atoms with van der Waals surface area (Å²) in [5.41, 5.74) is 23.0. The van der Waals surface area contributed by atoms with Crippen LogP contribution in [0.25, 0.3) is 93.9 Å². The molecule has 24 rings (SSSR count). The van der Waals surface area contributed by atoms with Gasteiger partial charge in [0.1, 0.15) is 11.2 Å². The molecule has 0 atom stereocenters. The number of nitrogens with zero attached hydrogens (tertiary/aromatic N) is 2. The smallest absolute Gasteiger partial charge is 0.162 e. The van der Waals surface area contributed by atoms with Crippen LogP contribution in [0.1, 0.15) is 94.5 Å². The summed E-state index contributed by atoms with van der Waals surface area (Å²) in [6.07, 6.45) is 7.61. The lowest BCUT2D eigenvalue weighted by Crippen LogP contribution is -2.48. The molecule has 0 unspecified atom stereocenters. The molecule has 0 aliphatic heterocycles. The molecule has 8 aromatic heterocycles. The lowest BCUT2D eigenvalue weighted by molar-refractivity contribution is 0.509. The Kier molecular flexibility index (Phi) is 12.3. The molecule has 1 N–H and O–H groups in total. The maximum Gasteiger partial charge on any atom is 0.162 e. The number of aromatic nitrogens is 3. The molecule has 0 fully saturated rings. The molecule has 8 heterocycles. The van der Waals surface area contributed by atoms with Gasteiger partial charge in [0.15, 0.2) is 11.2 Å². The molecule has 0 amide bonds. The van der Waals surface area contributed by atoms with E-state index in [9.17, 15) is 0 Å². The maximum absolute atomic E-state index is 5.92. The van der Waals surface area contributed by atoms with Gasteiger partial charge in [0, 0.05) is 87.5 Å². The van der Waals surface area contributed by atoms with Crippen LogP contribution in [0.3, 0.4) is 0 Å². The molecule has 0 radical (unpaired) electrons. The molecule has 92 heavy (non-hydrogen) atoms. The van der Waals surface area contributed by atoms with Gasteiger partial charge in [0.2, 0.25) is 0 Å². The Morgan fingerprint density at radius 3 is 1.09 bits per heavy atom. The highest BCUT2D eigenvalue weighted by Gasteiger charge is 2.56. The van der Waals surface area contributed by atoms with Crippen LogP contribution in [0.5, 0.6) is 0 Å². The summed E-state index contributed by atoms with van der Waals surface area (Å²) in [4.78, 5) is 11.9. The predicted molar refractivity (Wildman–Crippen MR) is 386 cm³/mol. The minimum absolute atomic E-state index is 0.0401. The maximum atomic E-state index is 5.92. The number of benzene rings is 10. The molecule has 6 aliphatic carbocycles. The molecule has 10 aromatic carbocycles. The van der Waals surface area contributed by atoms with Crippen molar-refractivity contribution >= 4 is 128 Å². The van der Waals surface area contributed by atoms with Crippen LogP contribution in [0.15, 0.2) is 288 Å². The van der Waals surface area contributed by atoms with Gasteiger partial charge in [-0.3, -0.25) is 9.97 Å². The zero-order chi connectivity index (χ0) is 61.5. The summed E-state index contributed by atoms with van der Waals surface area (Å²) >= 11 is 5.62. The van der Waals surface area contributed by atoms with Crippen LogP contribution in [-0.4, -0.2) is 15.0 Å². The molecule has 5 nitrogen and oxygen atoms in total. The molecule has 6 aliphatic rings. The van der Waals surface area contributed by atoms with E-state index in [2.05, 4.69) is 267 Å². The summed E-state index contributed by atoms with van der Waals surface area (Å²) in [5.74, 6) is 0. The number of thiophene rings is 3. The van der Waals surface area contributed by atoms with Gasteiger partial charge in [0.05, 0.1) is 30.5 Å². The second kappa shape index (κ2) is 20.7. The number of aromatic amines is 1. The van der Waals surface area contributed by atoms with Gasteiger partial charge in [-0.05, 0) is 155 Å². The highest BCUT2D eigenvalue weighted by Crippen LogP contribution is 2.63. The molecule has 440 valence electrons. The molecule has 4 bridgehead atoms. The van der Waals surface area contributed by atoms with E-state index in [0.717, 1.165) is 44.1 Å². The zero-order valence-corrected chi connectivity index (χ0v) is 53.4. The minimum atomic E-state index is -0.103. The van der Waals surface area contributed by atoms with E-state index in [1.807, 2.05) is 71.5 Å². The van der Waals surface area contributed by atoms with Crippen molar-refractivity contribution in [3.8, 4) is 0 Å². The number of rotatable bonds is 0. The summed E-state index contributed by atoms with van der Waals surface area (Å²) in [5, 5.41) is 7.41. The van der Waals surface area contributed by atoms with Crippen LogP contribution in [0.4, 0.5) is 0 Å². The Hall–Kier alpha value is -10.2. The van der Waals surface area contributed by atoms with Crippen molar-refractivity contribution in [2.75, 3.05) is 0 Å². The molecule has 18 aromatic rings. The topological polar surface area (TPSA) is 67.8 Å². The Morgan fingerprint density at radius 1 is 0.283 bits per heavy atom. The zero-order valence-electron chi connectivity index (χ0n) is 51.0. The highest BCUT2D eigenvalue weighted by molar-refractivity contribution is 7.36. The van der Waals surface area contributed by atoms with E-state index in [1.54, 1.807) is 17.5 Å². The first kappa shape index (κ1) is 54.7. The first-order valence-electron chi connectivity index (χ1n) is 31.4. The van der Waals surface area contributed by atoms with Gasteiger partial charge < -0.3 is 13.8 Å². The van der Waals surface area contributed by atoms with Gasteiger partial charge >= 0.3 is 0 Å². The number of hydrogen-bond acceptors (Lipinski definition) is 7. The monoisotopic (exact) mass is 1240 g/mol. The van der Waals surface area contributed by atoms with Crippen molar-refractivity contribution < 1.29 is 8.83 Å². The number of nitrogens with one attached hydrogen (secondary N) is 1. The van der Waals surface area contributed by atoms with Gasteiger partial charge in [-0.2, -0.15) is 0 Å². The van der Waals surface area contributed by atoms with E-state index >= 15 is 0 Å². The van der Waals surface area contributed by atoms with Crippen molar-refractivity contribution in [3.63, 3.8) is 0 Å². The van der Waals surface area contributed by atoms with Crippen LogP contribution in [0, 0.1) is 0 Å². The van der Waals surface area contributed by atoms with E-state index in [0.29, 0.717) is 0 Å². The normalized spacial score (nSPS) is 19.0. The summed E-state index contributed by atoms with van der Waals surface area (Å²) in [6, 6.07) is 91.0. The second-order valence-electron chi connectivity index (χ2n) is 25.2. The summed E-state index contributed by atoms with van der Waals surface area (Å²) < 4.78 is 20.0. The molecular formula is C84H59N3O2S3. The third-order valence-corrected chi connectivity index (χ3v) is 24.4. The number of pyridine rings is 2. The minimum Gasteiger partial charge on any atom is -0.454 e. The number of furan rings is 2. The quantitative estimate of drug-likeness (QED) is 0.164. The van der Waals surface area contributed by atoms with E-state index in [4.69, 9.17) is 8.83 Å². The number of para-hydroxylation sites is 2. The Morgan fingerprint density at radius 2 is 0.609 bits per heavy atom. The first-order valence-corrected chi connectivity index (χ1v) is 33.9. The fourth-order valence-electron chi connectivity index (χ4n) is 16.2. The SMILES string of the molecule is CC12c3ccccc3C(C)(c3ccccc31)c1ccccc12.CC12c3ccccc3C(C)(c3ccccc31)c1cnccc12.c1ccc2c(c1)oc1c3ccccc3sc21.c1ccc2c(c1)oc1c3cnccc3[nH]c21.c1ccc2c(c1)sc1c3ccccc3sc21. The molecule has 0 saturated carbocycles. The first-order chi connectivity index (χ1) is 45.2. The van der Waals surface area contributed by atoms with E-state index in [1.165, 1.54) is 117 Å². The van der Waals surface area contributed by atoms with Crippen LogP contribution in [0.2, 0.25) is 0 Å². The summed E-state index contributed by atoms with van der Waals surface area (Å²) in [7, 11) is 0. The standard InChI is InChI=1S/C22H18.C21H17N.C14H8OS.C14H8S2.C13H8N2O/c1-21-15-9-3-6-12-18(15)22(2,19-13-7-4-10-16(19)21)20-14-8-5-11-17(20)21;1-20-14-7-3-5-9-16(14)21(2,17-10-6-4-8-15(17)20)19-13-22-12-11-18(19)20;1-3-7-11-9(5-1)14-13(15-11)10-6-2-4-8-12(10)16-14;1-3-7-11-9(5-1)13-14(15-11)10-6-2-4-8-12(10)16-13;1-2-4-11-8(3-1)12-13(16-11)9-7-14-6-5-10(9)15-12/h3-14H,1-2H3;3-13H,1-2H3;2*1-8H;1-7,15H. The van der Waals surface area contributed by atoms with Gasteiger partial charge in [-0.15, -0.1) is 34.0 Å².